The van der Waals surface area contributed by atoms with Gasteiger partial charge >= 0.3 is 6.09 Å². The van der Waals surface area contributed by atoms with Gasteiger partial charge in [0.2, 0.25) is 10.0 Å². The average Bonchev–Trinajstić information content (AvgIpc) is 3.43. The molecule has 1 aromatic carbocycles. The predicted octanol–water partition coefficient (Wildman–Crippen LogP) is 4.60. The molecule has 0 radical (unpaired) electrons. The zero-order valence-corrected chi connectivity index (χ0v) is 23.9. The fourth-order valence-electron chi connectivity index (χ4n) is 5.82. The first-order chi connectivity index (χ1) is 19.5. The number of halogens is 1. The summed E-state index contributed by atoms with van der Waals surface area (Å²) >= 11 is 0. The van der Waals surface area contributed by atoms with Crippen LogP contribution in [0, 0.1) is 5.82 Å². The van der Waals surface area contributed by atoms with Crippen LogP contribution in [0.4, 0.5) is 15.0 Å². The number of benzene rings is 1. The van der Waals surface area contributed by atoms with E-state index in [1.165, 1.54) is 18.6 Å². The molecule has 2 fully saturated rings. The lowest BCUT2D eigenvalue weighted by Crippen LogP contribution is -2.57. The number of ether oxygens (including phenoxy) is 1. The number of rotatable bonds is 5. The van der Waals surface area contributed by atoms with E-state index in [0.717, 1.165) is 23.0 Å². The van der Waals surface area contributed by atoms with Gasteiger partial charge in [0, 0.05) is 24.8 Å². The number of pyridine rings is 1. The molecule has 41 heavy (non-hydrogen) atoms. The van der Waals surface area contributed by atoms with Crippen LogP contribution in [0.1, 0.15) is 39.2 Å². The summed E-state index contributed by atoms with van der Waals surface area (Å²) in [5.74, 6) is -0.403. The summed E-state index contributed by atoms with van der Waals surface area (Å²) in [6, 6.07) is 11.8. The first-order valence-corrected chi connectivity index (χ1v) is 15.1. The summed E-state index contributed by atoms with van der Waals surface area (Å²) in [5.41, 5.74) is 0.404. The summed E-state index contributed by atoms with van der Waals surface area (Å²) in [6.45, 7) is 6.55. The molecule has 5 heterocycles. The number of aromatic nitrogens is 4. The Balaban J connectivity index is 1.43. The molecular formula is C29H31FN6O4S. The van der Waals surface area contributed by atoms with Crippen molar-refractivity contribution in [2.24, 2.45) is 0 Å². The fourth-order valence-corrected chi connectivity index (χ4v) is 7.42. The van der Waals surface area contributed by atoms with E-state index in [-0.39, 0.29) is 40.8 Å². The van der Waals surface area contributed by atoms with Gasteiger partial charge in [-0.3, -0.25) is 9.88 Å². The molecule has 2 aliphatic rings. The average molecular weight is 579 g/mol. The summed E-state index contributed by atoms with van der Waals surface area (Å²) in [4.78, 5) is 29.6. The van der Waals surface area contributed by atoms with E-state index in [2.05, 4.69) is 19.9 Å². The van der Waals surface area contributed by atoms with Gasteiger partial charge in [-0.2, -0.15) is 0 Å². The molecule has 2 unspecified atom stereocenters. The first-order valence-electron chi connectivity index (χ1n) is 13.5. The lowest BCUT2D eigenvalue weighted by Gasteiger charge is -2.41. The highest BCUT2D eigenvalue weighted by Gasteiger charge is 2.45. The van der Waals surface area contributed by atoms with Crippen LogP contribution in [0.25, 0.3) is 22.3 Å². The van der Waals surface area contributed by atoms with Crippen LogP contribution in [0.15, 0.2) is 61.2 Å². The highest BCUT2D eigenvalue weighted by molar-refractivity contribution is 7.89. The number of hydrogen-bond donors (Lipinski definition) is 0. The van der Waals surface area contributed by atoms with Gasteiger partial charge in [0.1, 0.15) is 17.7 Å². The van der Waals surface area contributed by atoms with Crippen molar-refractivity contribution >= 4 is 33.0 Å². The van der Waals surface area contributed by atoms with Crippen LogP contribution in [-0.2, 0) is 20.5 Å². The highest BCUT2D eigenvalue weighted by Crippen LogP contribution is 2.38. The Morgan fingerprint density at radius 3 is 2.44 bits per heavy atom. The zero-order chi connectivity index (χ0) is 28.9. The maximum absolute atomic E-state index is 15.0. The van der Waals surface area contributed by atoms with Crippen LogP contribution >= 0.6 is 0 Å². The second-order valence-corrected chi connectivity index (χ2v) is 13.3. The van der Waals surface area contributed by atoms with Crippen molar-refractivity contribution in [2.75, 3.05) is 18.0 Å². The first kappa shape index (κ1) is 27.1. The van der Waals surface area contributed by atoms with Gasteiger partial charge in [0.05, 0.1) is 35.1 Å². The third-order valence-electron chi connectivity index (χ3n) is 7.44. The maximum atomic E-state index is 15.0. The summed E-state index contributed by atoms with van der Waals surface area (Å²) in [7, 11) is -4.03. The predicted molar refractivity (Wildman–Crippen MR) is 152 cm³/mol. The molecule has 10 nitrogen and oxygen atoms in total. The van der Waals surface area contributed by atoms with Gasteiger partial charge in [0.15, 0.2) is 11.5 Å². The Bertz CT molecular complexity index is 1710. The minimum absolute atomic E-state index is 0.0744. The van der Waals surface area contributed by atoms with Crippen molar-refractivity contribution in [1.29, 1.82) is 0 Å². The Labute approximate surface area is 237 Å². The standard InChI is InChI=1S/C29H31FN6O4S/c1-29(2,3)40-28(37)35-20-9-10-21(35)16-34(15-20)26-23-13-25(22-11-12-31-14-24(22)30)36(27(23)33-18-32-26)41(38,39)17-19-7-5-4-6-8-19/h4-8,11-14,18,20-21H,9-10,15-17H2,1-3H3. The van der Waals surface area contributed by atoms with Crippen LogP contribution in [0.3, 0.4) is 0 Å². The molecule has 0 N–H and O–H groups in total. The summed E-state index contributed by atoms with van der Waals surface area (Å²) < 4.78 is 49.6. The second-order valence-electron chi connectivity index (χ2n) is 11.5. The van der Waals surface area contributed by atoms with Crippen molar-refractivity contribution < 1.29 is 22.3 Å². The normalized spacial score (nSPS) is 19.1. The van der Waals surface area contributed by atoms with Gasteiger partial charge in [-0.25, -0.2) is 31.5 Å². The number of carbonyl (C=O) groups excluding carboxylic acids is 1. The number of piperazine rings is 1. The van der Waals surface area contributed by atoms with Crippen molar-refractivity contribution in [3.63, 3.8) is 0 Å². The van der Waals surface area contributed by atoms with E-state index < -0.39 is 21.4 Å². The summed E-state index contributed by atoms with van der Waals surface area (Å²) in [6.07, 6.45) is 5.14. The monoisotopic (exact) mass is 578 g/mol. The van der Waals surface area contributed by atoms with Crippen LogP contribution in [-0.4, -0.2) is 69.1 Å². The molecule has 6 rings (SSSR count). The molecule has 2 aliphatic heterocycles. The van der Waals surface area contributed by atoms with E-state index in [9.17, 15) is 13.2 Å². The van der Waals surface area contributed by atoms with Gasteiger partial charge < -0.3 is 9.64 Å². The molecule has 2 saturated heterocycles. The van der Waals surface area contributed by atoms with E-state index >= 15 is 4.39 Å². The number of hydrogen-bond acceptors (Lipinski definition) is 8. The van der Waals surface area contributed by atoms with E-state index in [4.69, 9.17) is 4.74 Å². The Kier molecular flexibility index (Phi) is 6.68. The zero-order valence-electron chi connectivity index (χ0n) is 23.1. The number of fused-ring (bicyclic) bond motifs is 3. The molecule has 3 aromatic heterocycles. The number of carbonyl (C=O) groups is 1. The van der Waals surface area contributed by atoms with Gasteiger partial charge in [-0.1, -0.05) is 30.3 Å². The minimum atomic E-state index is -4.03. The Morgan fingerprint density at radius 2 is 1.78 bits per heavy atom. The van der Waals surface area contributed by atoms with E-state index in [1.807, 2.05) is 31.7 Å². The summed E-state index contributed by atoms with van der Waals surface area (Å²) in [5, 5.41) is 0.487. The molecule has 0 spiro atoms. The molecular weight excluding hydrogens is 547 g/mol. The molecule has 0 aliphatic carbocycles. The number of amides is 1. The van der Waals surface area contributed by atoms with Crippen molar-refractivity contribution in [1.82, 2.24) is 23.8 Å². The smallest absolute Gasteiger partial charge is 0.410 e. The third kappa shape index (κ3) is 5.12. The van der Waals surface area contributed by atoms with Crippen LogP contribution < -0.4 is 4.90 Å². The molecule has 12 heteroatoms. The Morgan fingerprint density at radius 1 is 1.07 bits per heavy atom. The quantitative estimate of drug-likeness (QED) is 0.338. The molecule has 214 valence electrons. The second kappa shape index (κ2) is 10.1. The SMILES string of the molecule is CC(C)(C)OC(=O)N1C2CCC1CN(c1ncnc3c1cc(-c1ccncc1F)n3S(=O)(=O)Cc1ccccc1)C2. The Hall–Kier alpha value is -4.06. The van der Waals surface area contributed by atoms with Crippen LogP contribution in [0.2, 0.25) is 0 Å². The number of anilines is 1. The van der Waals surface area contributed by atoms with Gasteiger partial charge in [-0.05, 0) is 51.3 Å². The minimum Gasteiger partial charge on any atom is -0.444 e. The molecule has 4 aromatic rings. The molecule has 2 bridgehead atoms. The highest BCUT2D eigenvalue weighted by atomic mass is 32.2. The van der Waals surface area contributed by atoms with Crippen molar-refractivity contribution in [2.45, 2.75) is 57.1 Å². The largest absolute Gasteiger partial charge is 0.444 e. The fraction of sp³-hybridized carbons (Fsp3) is 0.379. The third-order valence-corrected chi connectivity index (χ3v) is 9.06. The topological polar surface area (TPSA) is 111 Å². The van der Waals surface area contributed by atoms with E-state index in [0.29, 0.717) is 29.9 Å². The van der Waals surface area contributed by atoms with Crippen molar-refractivity contribution in [3.8, 4) is 11.3 Å². The van der Waals surface area contributed by atoms with Gasteiger partial charge in [-0.15, -0.1) is 0 Å². The number of nitrogens with zero attached hydrogens (tertiary/aromatic N) is 6. The van der Waals surface area contributed by atoms with Crippen molar-refractivity contribution in [3.05, 3.63) is 72.6 Å². The van der Waals surface area contributed by atoms with E-state index in [1.54, 1.807) is 30.3 Å². The lowest BCUT2D eigenvalue weighted by molar-refractivity contribution is 0.0123. The maximum Gasteiger partial charge on any atom is 0.410 e. The molecule has 1 amide bonds. The molecule has 2 atom stereocenters. The molecule has 0 saturated carbocycles. The van der Waals surface area contributed by atoms with Crippen LogP contribution in [0.5, 0.6) is 0 Å². The van der Waals surface area contributed by atoms with Gasteiger partial charge in [0.25, 0.3) is 0 Å². The lowest BCUT2D eigenvalue weighted by atomic mass is 10.1.